The maximum absolute atomic E-state index is 11.0. The molecule has 1 saturated carbocycles. The van der Waals surface area contributed by atoms with Gasteiger partial charge in [-0.1, -0.05) is 13.3 Å². The summed E-state index contributed by atoms with van der Waals surface area (Å²) in [7, 11) is 0. The van der Waals surface area contributed by atoms with Gasteiger partial charge in [0.1, 0.15) is 4.88 Å². The molecule has 0 amide bonds. The van der Waals surface area contributed by atoms with Crippen LogP contribution in [0.3, 0.4) is 0 Å². The standard InChI is InChI=1S/C13H19NO2S/c1-2-14(8-10-4-3-5-10)9-11-6-7-17-12(11)13(15)16/h6-7,10H,2-5,8-9H2,1H3,(H,15,16). The van der Waals surface area contributed by atoms with Crippen LogP contribution in [0.4, 0.5) is 0 Å². The minimum atomic E-state index is -0.797. The van der Waals surface area contributed by atoms with E-state index in [-0.39, 0.29) is 0 Å². The number of rotatable bonds is 6. The zero-order valence-electron chi connectivity index (χ0n) is 10.2. The van der Waals surface area contributed by atoms with Crippen LogP contribution in [0.25, 0.3) is 0 Å². The van der Waals surface area contributed by atoms with Crippen molar-refractivity contribution >= 4 is 17.3 Å². The topological polar surface area (TPSA) is 40.5 Å². The van der Waals surface area contributed by atoms with Crippen molar-refractivity contribution in [2.45, 2.75) is 32.7 Å². The molecule has 0 spiro atoms. The van der Waals surface area contributed by atoms with E-state index in [1.165, 1.54) is 30.6 Å². The van der Waals surface area contributed by atoms with E-state index >= 15 is 0 Å². The Morgan fingerprint density at radius 3 is 2.88 bits per heavy atom. The molecule has 1 aromatic heterocycles. The van der Waals surface area contributed by atoms with Crippen molar-refractivity contribution in [3.05, 3.63) is 21.9 Å². The summed E-state index contributed by atoms with van der Waals surface area (Å²) >= 11 is 1.32. The van der Waals surface area contributed by atoms with Gasteiger partial charge in [-0.25, -0.2) is 4.79 Å². The Balaban J connectivity index is 1.96. The van der Waals surface area contributed by atoms with E-state index < -0.39 is 5.97 Å². The van der Waals surface area contributed by atoms with Crippen molar-refractivity contribution in [3.63, 3.8) is 0 Å². The Kier molecular flexibility index (Phi) is 4.18. The number of hydrogen-bond acceptors (Lipinski definition) is 3. The monoisotopic (exact) mass is 253 g/mol. The zero-order valence-corrected chi connectivity index (χ0v) is 11.0. The summed E-state index contributed by atoms with van der Waals surface area (Å²) in [6.45, 7) is 5.03. The van der Waals surface area contributed by atoms with E-state index in [1.54, 1.807) is 0 Å². The first-order valence-corrected chi connectivity index (χ1v) is 7.10. The van der Waals surface area contributed by atoms with Gasteiger partial charge in [0.05, 0.1) is 0 Å². The molecule has 2 rings (SSSR count). The van der Waals surface area contributed by atoms with Gasteiger partial charge in [-0.15, -0.1) is 11.3 Å². The first-order valence-electron chi connectivity index (χ1n) is 6.22. The maximum Gasteiger partial charge on any atom is 0.346 e. The highest BCUT2D eigenvalue weighted by Gasteiger charge is 2.21. The summed E-state index contributed by atoms with van der Waals surface area (Å²) in [5.41, 5.74) is 0.962. The average Bonchev–Trinajstić information content (AvgIpc) is 2.69. The second kappa shape index (κ2) is 5.65. The molecule has 0 saturated heterocycles. The normalized spacial score (nSPS) is 16.1. The van der Waals surface area contributed by atoms with Gasteiger partial charge in [-0.05, 0) is 42.3 Å². The maximum atomic E-state index is 11.0. The molecule has 1 fully saturated rings. The van der Waals surface area contributed by atoms with Gasteiger partial charge in [0.25, 0.3) is 0 Å². The fourth-order valence-electron chi connectivity index (χ4n) is 2.23. The number of aromatic carboxylic acids is 1. The van der Waals surface area contributed by atoms with Crippen LogP contribution in [0, 0.1) is 5.92 Å². The van der Waals surface area contributed by atoms with Crippen molar-refractivity contribution < 1.29 is 9.90 Å². The second-order valence-electron chi connectivity index (χ2n) is 4.70. The molecule has 0 bridgehead atoms. The van der Waals surface area contributed by atoms with E-state index in [2.05, 4.69) is 11.8 Å². The number of hydrogen-bond donors (Lipinski definition) is 1. The molecule has 4 heteroatoms. The predicted molar refractivity (Wildman–Crippen MR) is 69.6 cm³/mol. The van der Waals surface area contributed by atoms with Crippen LogP contribution in [0.1, 0.15) is 41.4 Å². The average molecular weight is 253 g/mol. The number of carboxylic acids is 1. The van der Waals surface area contributed by atoms with Crippen molar-refractivity contribution in [2.75, 3.05) is 13.1 Å². The van der Waals surface area contributed by atoms with Gasteiger partial charge in [-0.2, -0.15) is 0 Å². The Morgan fingerprint density at radius 1 is 1.59 bits per heavy atom. The summed E-state index contributed by atoms with van der Waals surface area (Å²) in [6, 6.07) is 1.94. The van der Waals surface area contributed by atoms with Crippen molar-refractivity contribution in [1.82, 2.24) is 4.90 Å². The van der Waals surface area contributed by atoms with Crippen LogP contribution < -0.4 is 0 Å². The lowest BCUT2D eigenvalue weighted by Crippen LogP contribution is -2.32. The molecule has 0 unspecified atom stereocenters. The third-order valence-corrected chi connectivity index (χ3v) is 4.47. The summed E-state index contributed by atoms with van der Waals surface area (Å²) < 4.78 is 0. The molecular formula is C13H19NO2S. The van der Waals surface area contributed by atoms with Gasteiger partial charge in [0.2, 0.25) is 0 Å². The van der Waals surface area contributed by atoms with Gasteiger partial charge in [0.15, 0.2) is 0 Å². The molecule has 17 heavy (non-hydrogen) atoms. The lowest BCUT2D eigenvalue weighted by atomic mass is 9.85. The highest BCUT2D eigenvalue weighted by Crippen LogP contribution is 2.28. The molecule has 1 aliphatic rings. The third kappa shape index (κ3) is 3.07. The number of nitrogens with zero attached hydrogens (tertiary/aromatic N) is 1. The van der Waals surface area contributed by atoms with Crippen LogP contribution in [-0.4, -0.2) is 29.1 Å². The highest BCUT2D eigenvalue weighted by molar-refractivity contribution is 7.12. The Hall–Kier alpha value is -0.870. The van der Waals surface area contributed by atoms with Crippen molar-refractivity contribution in [2.24, 2.45) is 5.92 Å². The zero-order chi connectivity index (χ0) is 12.3. The molecule has 1 heterocycles. The van der Waals surface area contributed by atoms with Crippen LogP contribution in [0.2, 0.25) is 0 Å². The van der Waals surface area contributed by atoms with Crippen LogP contribution >= 0.6 is 11.3 Å². The van der Waals surface area contributed by atoms with E-state index in [0.29, 0.717) is 4.88 Å². The number of carboxylic acid groups (broad SMARTS) is 1. The lowest BCUT2D eigenvalue weighted by Gasteiger charge is -2.31. The largest absolute Gasteiger partial charge is 0.477 e. The van der Waals surface area contributed by atoms with Gasteiger partial charge in [0, 0.05) is 13.1 Å². The molecule has 0 atom stereocenters. The lowest BCUT2D eigenvalue weighted by molar-refractivity contribution is 0.0699. The summed E-state index contributed by atoms with van der Waals surface area (Å²) in [4.78, 5) is 13.9. The van der Waals surface area contributed by atoms with Crippen molar-refractivity contribution in [3.8, 4) is 0 Å². The fourth-order valence-corrected chi connectivity index (χ4v) is 2.99. The Bertz CT molecular complexity index is 385. The summed E-state index contributed by atoms with van der Waals surface area (Å²) in [5, 5.41) is 10.9. The molecule has 0 radical (unpaired) electrons. The van der Waals surface area contributed by atoms with E-state index in [0.717, 1.165) is 31.1 Å². The Morgan fingerprint density at radius 2 is 2.35 bits per heavy atom. The smallest absolute Gasteiger partial charge is 0.346 e. The summed E-state index contributed by atoms with van der Waals surface area (Å²) in [6.07, 6.45) is 4.04. The molecule has 3 nitrogen and oxygen atoms in total. The first-order chi connectivity index (χ1) is 8.20. The highest BCUT2D eigenvalue weighted by atomic mass is 32.1. The summed E-state index contributed by atoms with van der Waals surface area (Å²) in [5.74, 6) is 0.0385. The minimum Gasteiger partial charge on any atom is -0.477 e. The molecule has 94 valence electrons. The fraction of sp³-hybridized carbons (Fsp3) is 0.615. The number of thiophene rings is 1. The van der Waals surface area contributed by atoms with Crippen LogP contribution in [0.15, 0.2) is 11.4 Å². The Labute approximate surface area is 106 Å². The van der Waals surface area contributed by atoms with Gasteiger partial charge >= 0.3 is 5.97 Å². The quantitative estimate of drug-likeness (QED) is 0.847. The van der Waals surface area contributed by atoms with Crippen LogP contribution in [-0.2, 0) is 6.54 Å². The van der Waals surface area contributed by atoms with Gasteiger partial charge in [-0.3, -0.25) is 4.90 Å². The third-order valence-electron chi connectivity index (χ3n) is 3.52. The minimum absolute atomic E-state index is 0.497. The molecule has 1 N–H and O–H groups in total. The second-order valence-corrected chi connectivity index (χ2v) is 5.62. The number of carbonyl (C=O) groups is 1. The van der Waals surface area contributed by atoms with E-state index in [4.69, 9.17) is 5.11 Å². The SMILES string of the molecule is CCN(Cc1ccsc1C(=O)O)CC1CCC1. The molecule has 1 aliphatic carbocycles. The predicted octanol–water partition coefficient (Wildman–Crippen LogP) is 3.07. The van der Waals surface area contributed by atoms with E-state index in [9.17, 15) is 4.79 Å². The van der Waals surface area contributed by atoms with Crippen molar-refractivity contribution in [1.29, 1.82) is 0 Å². The van der Waals surface area contributed by atoms with Crippen LogP contribution in [0.5, 0.6) is 0 Å². The molecule has 0 aliphatic heterocycles. The molecular weight excluding hydrogens is 234 g/mol. The van der Waals surface area contributed by atoms with E-state index in [1.807, 2.05) is 11.4 Å². The molecule has 1 aromatic rings. The van der Waals surface area contributed by atoms with Gasteiger partial charge < -0.3 is 5.11 Å². The first kappa shape index (κ1) is 12.6. The molecule has 0 aromatic carbocycles.